The van der Waals surface area contributed by atoms with Gasteiger partial charge in [0.05, 0.1) is 11.7 Å². The zero-order valence-corrected chi connectivity index (χ0v) is 16.6. The van der Waals surface area contributed by atoms with E-state index in [9.17, 15) is 14.7 Å². The van der Waals surface area contributed by atoms with E-state index in [4.69, 9.17) is 4.42 Å². The third-order valence-electron chi connectivity index (χ3n) is 5.46. The first-order valence-electron chi connectivity index (χ1n) is 9.80. The lowest BCUT2D eigenvalue weighted by Gasteiger charge is -2.26. The highest BCUT2D eigenvalue weighted by molar-refractivity contribution is 5.99. The highest BCUT2D eigenvalue weighted by Gasteiger charge is 2.28. The van der Waals surface area contributed by atoms with Crippen LogP contribution in [-0.4, -0.2) is 36.1 Å². The van der Waals surface area contributed by atoms with Gasteiger partial charge in [0.25, 0.3) is 11.8 Å². The molecule has 0 aliphatic heterocycles. The Morgan fingerprint density at radius 2 is 1.75 bits per heavy atom. The molecule has 1 saturated carbocycles. The zero-order valence-electron chi connectivity index (χ0n) is 16.6. The SMILES string of the molecule is CNC(=O)c1cc(C(=O)NC2CCC(O)CC2)c(C(C)c2ccc(C)cc2)o1. The quantitative estimate of drug-likeness (QED) is 0.739. The van der Waals surface area contributed by atoms with Gasteiger partial charge in [-0.25, -0.2) is 0 Å². The number of hydrogen-bond acceptors (Lipinski definition) is 4. The molecule has 150 valence electrons. The largest absolute Gasteiger partial charge is 0.454 e. The molecular formula is C22H28N2O4. The summed E-state index contributed by atoms with van der Waals surface area (Å²) >= 11 is 0. The van der Waals surface area contributed by atoms with Crippen LogP contribution in [0, 0.1) is 6.92 Å². The molecule has 6 nitrogen and oxygen atoms in total. The number of nitrogens with one attached hydrogen (secondary N) is 2. The Kier molecular flexibility index (Phi) is 6.19. The summed E-state index contributed by atoms with van der Waals surface area (Å²) in [4.78, 5) is 25.0. The molecule has 2 amide bonds. The van der Waals surface area contributed by atoms with Gasteiger partial charge in [0.2, 0.25) is 0 Å². The van der Waals surface area contributed by atoms with E-state index >= 15 is 0 Å². The van der Waals surface area contributed by atoms with Crippen LogP contribution in [0.15, 0.2) is 34.7 Å². The van der Waals surface area contributed by atoms with Gasteiger partial charge in [-0.1, -0.05) is 36.8 Å². The van der Waals surface area contributed by atoms with Crippen LogP contribution in [-0.2, 0) is 0 Å². The average molecular weight is 384 g/mol. The fraction of sp³-hybridized carbons (Fsp3) is 0.455. The number of rotatable bonds is 5. The van der Waals surface area contributed by atoms with E-state index in [0.29, 0.717) is 24.2 Å². The Bertz CT molecular complexity index is 833. The van der Waals surface area contributed by atoms with E-state index in [1.54, 1.807) is 0 Å². The summed E-state index contributed by atoms with van der Waals surface area (Å²) in [5, 5.41) is 15.2. The molecule has 1 aromatic heterocycles. The minimum Gasteiger partial charge on any atom is -0.454 e. The molecule has 1 heterocycles. The molecule has 1 fully saturated rings. The van der Waals surface area contributed by atoms with Crippen molar-refractivity contribution in [3.05, 3.63) is 58.5 Å². The Morgan fingerprint density at radius 1 is 1.11 bits per heavy atom. The molecule has 0 spiro atoms. The van der Waals surface area contributed by atoms with Gasteiger partial charge < -0.3 is 20.2 Å². The highest BCUT2D eigenvalue weighted by atomic mass is 16.4. The normalized spacial score (nSPS) is 20.4. The number of furan rings is 1. The molecule has 2 aromatic rings. The molecule has 1 atom stereocenters. The predicted octanol–water partition coefficient (Wildman–Crippen LogP) is 3.13. The van der Waals surface area contributed by atoms with Crippen molar-refractivity contribution >= 4 is 11.8 Å². The Balaban J connectivity index is 1.87. The summed E-state index contributed by atoms with van der Waals surface area (Å²) in [7, 11) is 1.53. The van der Waals surface area contributed by atoms with Crippen molar-refractivity contribution < 1.29 is 19.1 Å². The number of hydrogen-bond donors (Lipinski definition) is 3. The smallest absolute Gasteiger partial charge is 0.286 e. The average Bonchev–Trinajstić information content (AvgIpc) is 3.15. The predicted molar refractivity (Wildman–Crippen MR) is 107 cm³/mol. The third kappa shape index (κ3) is 4.44. The van der Waals surface area contributed by atoms with Crippen LogP contribution < -0.4 is 10.6 Å². The minimum atomic E-state index is -0.364. The molecule has 0 radical (unpaired) electrons. The van der Waals surface area contributed by atoms with Gasteiger partial charge in [-0.3, -0.25) is 9.59 Å². The summed E-state index contributed by atoms with van der Waals surface area (Å²) in [6.45, 7) is 3.98. The van der Waals surface area contributed by atoms with Gasteiger partial charge in [0.1, 0.15) is 5.76 Å². The lowest BCUT2D eigenvalue weighted by Crippen LogP contribution is -2.38. The van der Waals surface area contributed by atoms with Crippen LogP contribution in [0.2, 0.25) is 0 Å². The van der Waals surface area contributed by atoms with Crippen molar-refractivity contribution in [2.75, 3.05) is 7.05 Å². The molecule has 3 rings (SSSR count). The number of aliphatic hydroxyl groups excluding tert-OH is 1. The molecule has 1 aromatic carbocycles. The molecule has 1 aliphatic carbocycles. The number of carbonyl (C=O) groups is 2. The van der Waals surface area contributed by atoms with Gasteiger partial charge in [-0.15, -0.1) is 0 Å². The maximum absolute atomic E-state index is 13.0. The van der Waals surface area contributed by atoms with Gasteiger partial charge in [0.15, 0.2) is 5.76 Å². The zero-order chi connectivity index (χ0) is 20.3. The Hall–Kier alpha value is -2.60. The summed E-state index contributed by atoms with van der Waals surface area (Å²) in [6, 6.07) is 9.59. The molecule has 0 bridgehead atoms. The minimum absolute atomic E-state index is 0.0248. The van der Waals surface area contributed by atoms with Crippen LogP contribution in [0.3, 0.4) is 0 Å². The monoisotopic (exact) mass is 384 g/mol. The molecule has 28 heavy (non-hydrogen) atoms. The fourth-order valence-corrected chi connectivity index (χ4v) is 3.63. The second kappa shape index (κ2) is 8.61. The second-order valence-electron chi connectivity index (χ2n) is 7.58. The van der Waals surface area contributed by atoms with E-state index in [-0.39, 0.29) is 35.6 Å². The first-order valence-corrected chi connectivity index (χ1v) is 9.80. The number of aryl methyl sites for hydroxylation is 1. The molecule has 1 unspecified atom stereocenters. The van der Waals surface area contributed by atoms with Crippen molar-refractivity contribution in [1.29, 1.82) is 0 Å². The van der Waals surface area contributed by atoms with Gasteiger partial charge in [-0.2, -0.15) is 0 Å². The van der Waals surface area contributed by atoms with Gasteiger partial charge >= 0.3 is 0 Å². The fourth-order valence-electron chi connectivity index (χ4n) is 3.63. The Morgan fingerprint density at radius 3 is 2.36 bits per heavy atom. The van der Waals surface area contributed by atoms with Crippen LogP contribution in [0.4, 0.5) is 0 Å². The topological polar surface area (TPSA) is 91.6 Å². The van der Waals surface area contributed by atoms with Crippen LogP contribution >= 0.6 is 0 Å². The molecule has 6 heteroatoms. The van der Waals surface area contributed by atoms with Crippen molar-refractivity contribution in [2.24, 2.45) is 0 Å². The van der Waals surface area contributed by atoms with E-state index < -0.39 is 0 Å². The number of amides is 2. The summed E-state index contributed by atoms with van der Waals surface area (Å²) < 4.78 is 5.83. The van der Waals surface area contributed by atoms with Crippen LogP contribution in [0.25, 0.3) is 0 Å². The van der Waals surface area contributed by atoms with E-state index in [0.717, 1.165) is 24.0 Å². The molecule has 0 saturated heterocycles. The third-order valence-corrected chi connectivity index (χ3v) is 5.46. The van der Waals surface area contributed by atoms with Crippen LogP contribution in [0.1, 0.15) is 76.3 Å². The van der Waals surface area contributed by atoms with Gasteiger partial charge in [-0.05, 0) is 38.2 Å². The summed E-state index contributed by atoms with van der Waals surface area (Å²) in [5.41, 5.74) is 2.55. The van der Waals surface area contributed by atoms with Crippen molar-refractivity contribution in [3.8, 4) is 0 Å². The standard InChI is InChI=1S/C22H28N2O4/c1-13-4-6-15(7-5-13)14(2)20-18(12-19(28-20)22(27)23-3)21(26)24-16-8-10-17(25)11-9-16/h4-7,12,14,16-17,25H,8-11H2,1-3H3,(H,23,27)(H,24,26). The highest BCUT2D eigenvalue weighted by Crippen LogP contribution is 2.30. The second-order valence-corrected chi connectivity index (χ2v) is 7.58. The number of carbonyl (C=O) groups excluding carboxylic acids is 2. The number of benzene rings is 1. The van der Waals surface area contributed by atoms with Gasteiger partial charge in [0, 0.05) is 25.1 Å². The Labute approximate surface area is 165 Å². The number of aliphatic hydroxyl groups is 1. The van der Waals surface area contributed by atoms with Crippen molar-refractivity contribution in [2.45, 2.75) is 57.6 Å². The lowest BCUT2D eigenvalue weighted by molar-refractivity contribution is 0.0864. The van der Waals surface area contributed by atoms with Crippen molar-refractivity contribution in [1.82, 2.24) is 10.6 Å². The van der Waals surface area contributed by atoms with E-state index in [1.807, 2.05) is 38.1 Å². The lowest BCUT2D eigenvalue weighted by atomic mass is 9.92. The maximum atomic E-state index is 13.0. The molecule has 1 aliphatic rings. The molecule has 3 N–H and O–H groups in total. The summed E-state index contributed by atoms with van der Waals surface area (Å²) in [6.07, 6.45) is 2.59. The summed E-state index contributed by atoms with van der Waals surface area (Å²) in [5.74, 6) is -0.171. The maximum Gasteiger partial charge on any atom is 0.286 e. The van der Waals surface area contributed by atoms with E-state index in [1.165, 1.54) is 13.1 Å². The first kappa shape index (κ1) is 20.1. The van der Waals surface area contributed by atoms with E-state index in [2.05, 4.69) is 10.6 Å². The van der Waals surface area contributed by atoms with Crippen LogP contribution in [0.5, 0.6) is 0 Å². The first-order chi connectivity index (χ1) is 13.4. The molecular weight excluding hydrogens is 356 g/mol. The van der Waals surface area contributed by atoms with Crippen molar-refractivity contribution in [3.63, 3.8) is 0 Å².